The molecule has 0 aliphatic rings. The van der Waals surface area contributed by atoms with Crippen molar-refractivity contribution in [3.05, 3.63) is 45.0 Å². The fourth-order valence-electron chi connectivity index (χ4n) is 1.72. The van der Waals surface area contributed by atoms with Gasteiger partial charge in [0.15, 0.2) is 0 Å². The largest absolute Gasteiger partial charge is 0.424 e. The minimum absolute atomic E-state index is 0.611. The van der Waals surface area contributed by atoms with E-state index in [4.69, 9.17) is 16.0 Å². The number of hydrogen-bond acceptors (Lipinski definition) is 4. The van der Waals surface area contributed by atoms with Crippen molar-refractivity contribution >= 4 is 27.5 Å². The average molecular weight is 345 g/mol. The Kier molecular flexibility index (Phi) is 4.96. The van der Waals surface area contributed by atoms with E-state index in [2.05, 4.69) is 31.0 Å². The molecule has 102 valence electrons. The fraction of sp³-hybridized carbons (Fsp3) is 0.385. The Balaban J connectivity index is 1.98. The fourth-order valence-corrected chi connectivity index (χ4v) is 2.46. The van der Waals surface area contributed by atoms with Crippen molar-refractivity contribution in [3.8, 4) is 0 Å². The summed E-state index contributed by atoms with van der Waals surface area (Å²) in [7, 11) is 1.99. The van der Waals surface area contributed by atoms with Gasteiger partial charge in [-0.1, -0.05) is 40.5 Å². The highest BCUT2D eigenvalue weighted by Crippen LogP contribution is 2.22. The van der Waals surface area contributed by atoms with Crippen molar-refractivity contribution < 1.29 is 4.42 Å². The number of benzene rings is 1. The second-order valence-electron chi connectivity index (χ2n) is 4.35. The van der Waals surface area contributed by atoms with Crippen molar-refractivity contribution in [2.45, 2.75) is 26.4 Å². The molecule has 2 aromatic rings. The lowest BCUT2D eigenvalue weighted by Crippen LogP contribution is -2.17. The molecule has 4 nitrogen and oxygen atoms in total. The Morgan fingerprint density at radius 1 is 1.26 bits per heavy atom. The van der Waals surface area contributed by atoms with Crippen LogP contribution in [0.25, 0.3) is 0 Å². The van der Waals surface area contributed by atoms with Gasteiger partial charge in [0, 0.05) is 22.5 Å². The van der Waals surface area contributed by atoms with E-state index in [0.717, 1.165) is 28.0 Å². The zero-order valence-electron chi connectivity index (χ0n) is 10.9. The first kappa shape index (κ1) is 14.5. The van der Waals surface area contributed by atoms with E-state index >= 15 is 0 Å². The summed E-state index contributed by atoms with van der Waals surface area (Å²) in [5.74, 6) is 1.30. The van der Waals surface area contributed by atoms with Gasteiger partial charge in [0.05, 0.1) is 6.54 Å². The lowest BCUT2D eigenvalue weighted by Gasteiger charge is -2.15. The Bertz CT molecular complexity index is 559. The molecule has 2 rings (SSSR count). The van der Waals surface area contributed by atoms with E-state index in [1.807, 2.05) is 32.2 Å². The van der Waals surface area contributed by atoms with Gasteiger partial charge in [-0.3, -0.25) is 4.90 Å². The molecule has 0 aliphatic carbocycles. The molecule has 1 heterocycles. The molecule has 0 fully saturated rings. The molecule has 19 heavy (non-hydrogen) atoms. The number of nitrogens with zero attached hydrogens (tertiary/aromatic N) is 3. The molecule has 0 amide bonds. The molecular formula is C13H15BrClN3O. The molecule has 0 bridgehead atoms. The van der Waals surface area contributed by atoms with E-state index in [-0.39, 0.29) is 0 Å². The number of aryl methyl sites for hydroxylation is 1. The second kappa shape index (κ2) is 6.50. The molecule has 1 aromatic heterocycles. The van der Waals surface area contributed by atoms with Crippen molar-refractivity contribution in [2.75, 3.05) is 7.05 Å². The summed E-state index contributed by atoms with van der Waals surface area (Å²) in [6.07, 6.45) is 0.759. The van der Waals surface area contributed by atoms with E-state index in [0.29, 0.717) is 18.3 Å². The van der Waals surface area contributed by atoms with Crippen LogP contribution in [-0.4, -0.2) is 22.1 Å². The third-order valence-corrected chi connectivity index (χ3v) is 3.52. The van der Waals surface area contributed by atoms with Gasteiger partial charge in [-0.25, -0.2) is 0 Å². The van der Waals surface area contributed by atoms with Crippen LogP contribution in [0.3, 0.4) is 0 Å². The zero-order valence-corrected chi connectivity index (χ0v) is 13.2. The number of halogens is 2. The lowest BCUT2D eigenvalue weighted by atomic mass is 10.2. The minimum atomic E-state index is 0.611. The highest BCUT2D eigenvalue weighted by molar-refractivity contribution is 9.10. The van der Waals surface area contributed by atoms with Crippen LogP contribution in [-0.2, 0) is 19.5 Å². The molecule has 0 aliphatic heterocycles. The maximum Gasteiger partial charge on any atom is 0.230 e. The smallest absolute Gasteiger partial charge is 0.230 e. The van der Waals surface area contributed by atoms with Crippen LogP contribution in [0.4, 0.5) is 0 Å². The predicted octanol–water partition coefficient (Wildman–Crippen LogP) is 3.68. The topological polar surface area (TPSA) is 42.2 Å². The molecule has 0 radical (unpaired) electrons. The molecular weight excluding hydrogens is 330 g/mol. The van der Waals surface area contributed by atoms with Crippen LogP contribution < -0.4 is 0 Å². The van der Waals surface area contributed by atoms with Crippen LogP contribution in [0.15, 0.2) is 27.1 Å². The third-order valence-electron chi connectivity index (χ3n) is 2.67. The van der Waals surface area contributed by atoms with Crippen molar-refractivity contribution in [1.29, 1.82) is 0 Å². The van der Waals surface area contributed by atoms with Crippen LogP contribution in [0.5, 0.6) is 0 Å². The maximum absolute atomic E-state index is 6.20. The van der Waals surface area contributed by atoms with Gasteiger partial charge in [0.1, 0.15) is 0 Å². The number of aromatic nitrogens is 2. The van der Waals surface area contributed by atoms with Gasteiger partial charge in [-0.15, -0.1) is 10.2 Å². The van der Waals surface area contributed by atoms with E-state index < -0.39 is 0 Å². The van der Waals surface area contributed by atoms with Crippen LogP contribution in [0.1, 0.15) is 24.3 Å². The molecule has 6 heteroatoms. The van der Waals surface area contributed by atoms with Crippen LogP contribution in [0, 0.1) is 0 Å². The van der Waals surface area contributed by atoms with Crippen molar-refractivity contribution in [1.82, 2.24) is 15.1 Å². The summed E-state index contributed by atoms with van der Waals surface area (Å²) in [5.41, 5.74) is 1.07. The summed E-state index contributed by atoms with van der Waals surface area (Å²) < 4.78 is 6.47. The number of hydrogen-bond donors (Lipinski definition) is 0. The van der Waals surface area contributed by atoms with Crippen LogP contribution in [0.2, 0.25) is 5.02 Å². The molecule has 0 unspecified atom stereocenters. The molecule has 0 atom stereocenters. The SMILES string of the molecule is CCc1nnc(CN(C)Cc2ccc(Br)cc2Cl)o1. The van der Waals surface area contributed by atoms with Gasteiger partial charge >= 0.3 is 0 Å². The van der Waals surface area contributed by atoms with Gasteiger partial charge in [0.25, 0.3) is 0 Å². The third kappa shape index (κ3) is 4.03. The molecule has 1 aromatic carbocycles. The first-order chi connectivity index (χ1) is 9.08. The quantitative estimate of drug-likeness (QED) is 0.830. The minimum Gasteiger partial charge on any atom is -0.424 e. The highest BCUT2D eigenvalue weighted by atomic mass is 79.9. The standard InChI is InChI=1S/C13H15BrClN3O/c1-3-12-16-17-13(19-12)8-18(2)7-9-4-5-10(14)6-11(9)15/h4-6H,3,7-8H2,1-2H3. The predicted molar refractivity (Wildman–Crippen MR) is 78.0 cm³/mol. The maximum atomic E-state index is 6.20. The molecule has 0 saturated carbocycles. The summed E-state index contributed by atoms with van der Waals surface area (Å²) in [6.45, 7) is 3.33. The second-order valence-corrected chi connectivity index (χ2v) is 5.67. The molecule has 0 N–H and O–H groups in total. The van der Waals surface area contributed by atoms with Gasteiger partial charge in [-0.2, -0.15) is 0 Å². The molecule has 0 saturated heterocycles. The van der Waals surface area contributed by atoms with E-state index in [1.165, 1.54) is 0 Å². The average Bonchev–Trinajstić information content (AvgIpc) is 2.80. The summed E-state index contributed by atoms with van der Waals surface area (Å²) in [6, 6.07) is 5.89. The normalized spacial score (nSPS) is 11.2. The lowest BCUT2D eigenvalue weighted by molar-refractivity contribution is 0.277. The zero-order chi connectivity index (χ0) is 13.8. The van der Waals surface area contributed by atoms with E-state index in [9.17, 15) is 0 Å². The summed E-state index contributed by atoms with van der Waals surface area (Å²) >= 11 is 9.59. The van der Waals surface area contributed by atoms with Gasteiger partial charge in [0.2, 0.25) is 11.8 Å². The van der Waals surface area contributed by atoms with Gasteiger partial charge < -0.3 is 4.42 Å². The first-order valence-corrected chi connectivity index (χ1v) is 7.19. The Hall–Kier alpha value is -0.910. The summed E-state index contributed by atoms with van der Waals surface area (Å²) in [5, 5.41) is 8.71. The van der Waals surface area contributed by atoms with Gasteiger partial charge in [-0.05, 0) is 24.7 Å². The highest BCUT2D eigenvalue weighted by Gasteiger charge is 2.10. The van der Waals surface area contributed by atoms with Crippen molar-refractivity contribution in [2.24, 2.45) is 0 Å². The Labute approximate surface area is 125 Å². The molecule has 0 spiro atoms. The first-order valence-electron chi connectivity index (χ1n) is 6.02. The summed E-state index contributed by atoms with van der Waals surface area (Å²) in [4.78, 5) is 2.09. The Morgan fingerprint density at radius 3 is 2.63 bits per heavy atom. The number of rotatable bonds is 5. The van der Waals surface area contributed by atoms with Crippen molar-refractivity contribution in [3.63, 3.8) is 0 Å². The van der Waals surface area contributed by atoms with E-state index in [1.54, 1.807) is 0 Å². The monoisotopic (exact) mass is 343 g/mol. The Morgan fingerprint density at radius 2 is 2.00 bits per heavy atom. The van der Waals surface area contributed by atoms with Crippen LogP contribution >= 0.6 is 27.5 Å².